The maximum Gasteiger partial charge on any atom is 0.335 e. The van der Waals surface area contributed by atoms with Gasteiger partial charge in [0, 0.05) is 23.2 Å². The molecule has 1 aliphatic rings. The molecule has 30 heavy (non-hydrogen) atoms. The normalized spacial score (nSPS) is 11.5. The Morgan fingerprint density at radius 1 is 0.833 bits per heavy atom. The highest BCUT2D eigenvalue weighted by molar-refractivity contribution is 5.93. The molecule has 0 fully saturated rings. The van der Waals surface area contributed by atoms with E-state index in [-0.39, 0.29) is 29.2 Å². The predicted molar refractivity (Wildman–Crippen MR) is 120 cm³/mol. The third-order valence-electron chi connectivity index (χ3n) is 4.50. The van der Waals surface area contributed by atoms with Crippen molar-refractivity contribution in [2.75, 3.05) is 10.6 Å². The largest absolute Gasteiger partial charge is 0.478 e. The lowest BCUT2D eigenvalue weighted by molar-refractivity contribution is -0.119. The predicted octanol–water partition coefficient (Wildman–Crippen LogP) is 4.83. The fourth-order valence-corrected chi connectivity index (χ4v) is 2.60. The molecule has 2 aromatic carbocycles. The summed E-state index contributed by atoms with van der Waals surface area (Å²) in [5, 5.41) is 14.2. The minimum absolute atomic E-state index is 0.0220. The summed E-state index contributed by atoms with van der Waals surface area (Å²) in [5.74, 6) is -1.07. The summed E-state index contributed by atoms with van der Waals surface area (Å²) >= 11 is 0. The molecule has 6 nitrogen and oxygen atoms in total. The van der Waals surface area contributed by atoms with Crippen LogP contribution in [0, 0.1) is 11.8 Å². The zero-order valence-electron chi connectivity index (χ0n) is 17.7. The quantitative estimate of drug-likeness (QED) is 0.660. The van der Waals surface area contributed by atoms with Gasteiger partial charge < -0.3 is 15.7 Å². The molecule has 2 amide bonds. The lowest BCUT2D eigenvalue weighted by Gasteiger charge is -2.08. The van der Waals surface area contributed by atoms with Crippen molar-refractivity contribution in [2.45, 2.75) is 34.1 Å². The monoisotopic (exact) mass is 408 g/mol. The van der Waals surface area contributed by atoms with E-state index in [0.717, 1.165) is 12.1 Å². The van der Waals surface area contributed by atoms with Crippen molar-refractivity contribution in [1.82, 2.24) is 0 Å². The summed E-state index contributed by atoms with van der Waals surface area (Å²) in [6.07, 6.45) is 5.24. The van der Waals surface area contributed by atoms with Crippen LogP contribution in [0.5, 0.6) is 0 Å². The van der Waals surface area contributed by atoms with Crippen LogP contribution in [0.1, 0.15) is 49.2 Å². The van der Waals surface area contributed by atoms with Gasteiger partial charge in [-0.1, -0.05) is 45.9 Å². The van der Waals surface area contributed by atoms with Gasteiger partial charge in [-0.3, -0.25) is 9.59 Å². The van der Waals surface area contributed by atoms with Crippen LogP contribution < -0.4 is 10.6 Å². The van der Waals surface area contributed by atoms with Crippen LogP contribution >= 0.6 is 0 Å². The first-order valence-corrected chi connectivity index (χ1v) is 9.92. The van der Waals surface area contributed by atoms with Crippen molar-refractivity contribution in [3.05, 3.63) is 65.2 Å². The number of anilines is 2. The van der Waals surface area contributed by atoms with E-state index in [1.165, 1.54) is 23.3 Å². The van der Waals surface area contributed by atoms with Gasteiger partial charge in [-0.05, 0) is 53.9 Å². The Bertz CT molecular complexity index is 944. The van der Waals surface area contributed by atoms with Crippen LogP contribution in [-0.2, 0) is 16.0 Å². The van der Waals surface area contributed by atoms with Crippen LogP contribution in [0.15, 0.2) is 48.5 Å². The number of carboxylic acid groups (broad SMARTS) is 1. The number of carboxylic acids is 1. The maximum atomic E-state index is 11.5. The number of hydrogen-bond acceptors (Lipinski definition) is 3. The van der Waals surface area contributed by atoms with E-state index in [9.17, 15) is 14.4 Å². The Morgan fingerprint density at radius 3 is 1.90 bits per heavy atom. The molecule has 0 bridgehead atoms. The number of amides is 2. The zero-order valence-corrected chi connectivity index (χ0v) is 17.7. The second-order valence-corrected chi connectivity index (χ2v) is 7.69. The van der Waals surface area contributed by atoms with Gasteiger partial charge in [-0.25, -0.2) is 4.79 Å². The molecule has 0 heterocycles. The highest BCUT2D eigenvalue weighted by Gasteiger charge is 2.10. The number of carbonyl (C=O) groups excluding carboxylic acids is 2. The van der Waals surface area contributed by atoms with Crippen LogP contribution in [0.25, 0.3) is 6.08 Å². The molecule has 0 unspecified atom stereocenters. The van der Waals surface area contributed by atoms with E-state index in [0.29, 0.717) is 5.69 Å². The number of nitrogens with one attached hydrogen (secondary N) is 2. The van der Waals surface area contributed by atoms with Gasteiger partial charge in [-0.15, -0.1) is 0 Å². The molecule has 0 spiro atoms. The molecule has 3 N–H and O–H groups in total. The first-order chi connectivity index (χ1) is 14.2. The highest BCUT2D eigenvalue weighted by Crippen LogP contribution is 2.23. The molecular formula is C24H28N2O4. The Labute approximate surface area is 177 Å². The second-order valence-electron chi connectivity index (χ2n) is 7.69. The molecule has 2 aromatic rings. The molecule has 0 saturated carbocycles. The number of rotatable bonds is 5. The SMILES string of the molecule is CC(C)C(=O)Nc1ccc(C(=O)O)cc1.CC(C)C(=O)Nc1ccc2c(c1)C=CC2. The number of aromatic carboxylic acids is 1. The number of benzene rings is 2. The lowest BCUT2D eigenvalue weighted by atomic mass is 10.1. The van der Waals surface area contributed by atoms with Crippen LogP contribution in [-0.4, -0.2) is 22.9 Å². The van der Waals surface area contributed by atoms with Crippen LogP contribution in [0.3, 0.4) is 0 Å². The fraction of sp³-hybridized carbons (Fsp3) is 0.292. The molecule has 0 radical (unpaired) electrons. The number of allylic oxidation sites excluding steroid dienone is 1. The number of hydrogen-bond donors (Lipinski definition) is 3. The Morgan fingerprint density at radius 2 is 1.37 bits per heavy atom. The summed E-state index contributed by atoms with van der Waals surface area (Å²) in [7, 11) is 0. The molecule has 3 rings (SSSR count). The van der Waals surface area contributed by atoms with Crippen molar-refractivity contribution >= 4 is 35.2 Å². The molecule has 0 aromatic heterocycles. The third kappa shape index (κ3) is 6.58. The zero-order chi connectivity index (χ0) is 22.3. The van der Waals surface area contributed by atoms with E-state index in [1.54, 1.807) is 26.0 Å². The first-order valence-electron chi connectivity index (χ1n) is 9.92. The third-order valence-corrected chi connectivity index (χ3v) is 4.50. The Balaban J connectivity index is 0.000000214. The lowest BCUT2D eigenvalue weighted by Crippen LogP contribution is -2.17. The van der Waals surface area contributed by atoms with Crippen molar-refractivity contribution < 1.29 is 19.5 Å². The molecule has 6 heteroatoms. The van der Waals surface area contributed by atoms with Crippen molar-refractivity contribution in [1.29, 1.82) is 0 Å². The van der Waals surface area contributed by atoms with Gasteiger partial charge in [-0.2, -0.15) is 0 Å². The number of fused-ring (bicyclic) bond motifs is 1. The molecule has 1 aliphatic carbocycles. The number of carbonyl (C=O) groups is 3. The van der Waals surface area contributed by atoms with Crippen molar-refractivity contribution in [3.63, 3.8) is 0 Å². The van der Waals surface area contributed by atoms with E-state index in [2.05, 4.69) is 28.9 Å². The standard InChI is InChI=1S/C13H15NO.C11H13NO3/c1-9(2)13(15)14-12-7-6-10-4-3-5-11(10)8-12;1-7(2)10(13)12-9-5-3-8(4-6-9)11(14)15/h3,5-9H,4H2,1-2H3,(H,14,15);3-7H,1-2H3,(H,12,13)(H,14,15). The Hall–Kier alpha value is -3.41. The first kappa shape index (κ1) is 22.9. The smallest absolute Gasteiger partial charge is 0.335 e. The molecule has 0 saturated heterocycles. The van der Waals surface area contributed by atoms with Gasteiger partial charge in [0.1, 0.15) is 0 Å². The van der Waals surface area contributed by atoms with Gasteiger partial charge >= 0.3 is 5.97 Å². The second kappa shape index (κ2) is 10.4. The molecular weight excluding hydrogens is 380 g/mol. The van der Waals surface area contributed by atoms with E-state index in [4.69, 9.17) is 5.11 Å². The topological polar surface area (TPSA) is 95.5 Å². The fourth-order valence-electron chi connectivity index (χ4n) is 2.60. The van der Waals surface area contributed by atoms with Gasteiger partial charge in [0.25, 0.3) is 0 Å². The minimum atomic E-state index is -0.975. The molecule has 158 valence electrons. The van der Waals surface area contributed by atoms with Gasteiger partial charge in [0.2, 0.25) is 11.8 Å². The summed E-state index contributed by atoms with van der Waals surface area (Å²) < 4.78 is 0. The van der Waals surface area contributed by atoms with Crippen molar-refractivity contribution in [3.8, 4) is 0 Å². The average molecular weight is 408 g/mol. The van der Waals surface area contributed by atoms with Gasteiger partial charge in [0.05, 0.1) is 5.56 Å². The van der Waals surface area contributed by atoms with E-state index in [1.807, 2.05) is 26.0 Å². The summed E-state index contributed by atoms with van der Waals surface area (Å²) in [6.45, 7) is 7.37. The van der Waals surface area contributed by atoms with E-state index < -0.39 is 5.97 Å². The average Bonchev–Trinajstić information content (AvgIpc) is 3.16. The van der Waals surface area contributed by atoms with Crippen molar-refractivity contribution in [2.24, 2.45) is 11.8 Å². The van der Waals surface area contributed by atoms with Gasteiger partial charge in [0.15, 0.2) is 0 Å². The molecule has 0 atom stereocenters. The van der Waals surface area contributed by atoms with E-state index >= 15 is 0 Å². The maximum absolute atomic E-state index is 11.5. The van der Waals surface area contributed by atoms with Crippen LogP contribution in [0.2, 0.25) is 0 Å². The summed E-state index contributed by atoms with van der Waals surface area (Å²) in [6, 6.07) is 12.1. The Kier molecular flexibility index (Phi) is 7.92. The molecule has 0 aliphatic heterocycles. The summed E-state index contributed by atoms with van der Waals surface area (Å²) in [4.78, 5) is 33.3. The highest BCUT2D eigenvalue weighted by atomic mass is 16.4. The minimum Gasteiger partial charge on any atom is -0.478 e. The summed E-state index contributed by atoms with van der Waals surface area (Å²) in [5.41, 5.74) is 4.25. The van der Waals surface area contributed by atoms with Crippen LogP contribution in [0.4, 0.5) is 11.4 Å².